The van der Waals surface area contributed by atoms with Gasteiger partial charge in [-0.1, -0.05) is 0 Å². The van der Waals surface area contributed by atoms with Crippen LogP contribution in [0.4, 0.5) is 0 Å². The Kier molecular flexibility index (Phi) is 0.896. The SMILES string of the molecule is [CH]1CC2CCP1C2. The Hall–Kier alpha value is 0.430. The van der Waals surface area contributed by atoms with Crippen LogP contribution < -0.4 is 0 Å². The number of fused-ring (bicyclic) bond motifs is 2. The predicted molar refractivity (Wildman–Crippen MR) is 33.7 cm³/mol. The van der Waals surface area contributed by atoms with Gasteiger partial charge in [-0.15, -0.1) is 7.92 Å². The van der Waals surface area contributed by atoms with Gasteiger partial charge in [-0.25, -0.2) is 0 Å². The Balaban J connectivity index is 2.12. The fourth-order valence-electron chi connectivity index (χ4n) is 1.52. The largest absolute Gasteiger partial charge is 0.103 e. The van der Waals surface area contributed by atoms with E-state index in [-0.39, 0.29) is 0 Å². The molecule has 2 aliphatic heterocycles. The summed E-state index contributed by atoms with van der Waals surface area (Å²) >= 11 is 0. The van der Waals surface area contributed by atoms with Gasteiger partial charge >= 0.3 is 0 Å². The molecule has 7 heavy (non-hydrogen) atoms. The minimum atomic E-state index is 0.506. The molecule has 0 nitrogen and oxygen atoms in total. The summed E-state index contributed by atoms with van der Waals surface area (Å²) in [5.74, 6) is 1.14. The lowest BCUT2D eigenvalue weighted by Crippen LogP contribution is -1.92. The topological polar surface area (TPSA) is 0 Å². The molecule has 0 spiro atoms. The predicted octanol–water partition coefficient (Wildman–Crippen LogP) is 2.05. The first-order valence-corrected chi connectivity index (χ1v) is 4.80. The van der Waals surface area contributed by atoms with Gasteiger partial charge in [0.1, 0.15) is 0 Å². The maximum absolute atomic E-state index is 2.57. The molecular formula is C6H10P. The highest BCUT2D eigenvalue weighted by atomic mass is 31.1. The van der Waals surface area contributed by atoms with Gasteiger partial charge in [0.2, 0.25) is 0 Å². The van der Waals surface area contributed by atoms with Crippen molar-refractivity contribution in [1.29, 1.82) is 0 Å². The van der Waals surface area contributed by atoms with Crippen molar-refractivity contribution in [2.24, 2.45) is 5.92 Å². The summed E-state index contributed by atoms with van der Waals surface area (Å²) < 4.78 is 0. The third-order valence-corrected chi connectivity index (χ3v) is 4.56. The van der Waals surface area contributed by atoms with Crippen molar-refractivity contribution in [3.8, 4) is 0 Å². The lowest BCUT2D eigenvalue weighted by molar-refractivity contribution is 0.607. The quantitative estimate of drug-likeness (QED) is 0.422. The third kappa shape index (κ3) is 0.606. The lowest BCUT2D eigenvalue weighted by atomic mass is 10.1. The van der Waals surface area contributed by atoms with E-state index in [1.165, 1.54) is 6.42 Å². The van der Waals surface area contributed by atoms with E-state index in [9.17, 15) is 0 Å². The zero-order valence-corrected chi connectivity index (χ0v) is 5.32. The summed E-state index contributed by atoms with van der Waals surface area (Å²) in [7, 11) is 0.506. The molecule has 2 aliphatic rings. The minimum Gasteiger partial charge on any atom is -0.103 e. The van der Waals surface area contributed by atoms with E-state index < -0.39 is 0 Å². The molecule has 2 atom stereocenters. The maximum atomic E-state index is 2.57. The maximum Gasteiger partial charge on any atom is -0.0138 e. The van der Waals surface area contributed by atoms with Crippen LogP contribution in [0.2, 0.25) is 0 Å². The molecule has 2 saturated heterocycles. The standard InChI is InChI=1S/C6H10P/c1-3-7-4-2-6(1)5-7/h3,6H,1-2,4-5H2. The average Bonchev–Trinajstić information content (AvgIpc) is 2.22. The first-order chi connectivity index (χ1) is 3.45. The molecule has 2 heterocycles. The lowest BCUT2D eigenvalue weighted by Gasteiger charge is -2.05. The van der Waals surface area contributed by atoms with Gasteiger partial charge in [0.05, 0.1) is 0 Å². The second-order valence-electron chi connectivity index (χ2n) is 2.57. The van der Waals surface area contributed by atoms with Crippen LogP contribution >= 0.6 is 7.92 Å². The van der Waals surface area contributed by atoms with Gasteiger partial charge in [-0.2, -0.15) is 0 Å². The van der Waals surface area contributed by atoms with E-state index >= 15 is 0 Å². The normalized spacial score (nSPS) is 48.0. The number of hydrogen-bond donors (Lipinski definition) is 0. The summed E-state index contributed by atoms with van der Waals surface area (Å²) in [4.78, 5) is 0. The van der Waals surface area contributed by atoms with Gasteiger partial charge in [0.15, 0.2) is 0 Å². The molecule has 2 rings (SSSR count). The van der Waals surface area contributed by atoms with E-state index in [0.29, 0.717) is 7.92 Å². The molecule has 0 aromatic heterocycles. The van der Waals surface area contributed by atoms with Crippen molar-refractivity contribution < 1.29 is 0 Å². The highest BCUT2D eigenvalue weighted by molar-refractivity contribution is 7.60. The zero-order chi connectivity index (χ0) is 4.69. The molecule has 39 valence electrons. The van der Waals surface area contributed by atoms with Crippen molar-refractivity contribution in [3.63, 3.8) is 0 Å². The third-order valence-electron chi connectivity index (χ3n) is 2.01. The van der Waals surface area contributed by atoms with Gasteiger partial charge in [0, 0.05) is 0 Å². The van der Waals surface area contributed by atoms with Crippen LogP contribution in [-0.2, 0) is 0 Å². The van der Waals surface area contributed by atoms with Crippen LogP contribution in [0.1, 0.15) is 12.8 Å². The zero-order valence-electron chi connectivity index (χ0n) is 4.43. The van der Waals surface area contributed by atoms with Gasteiger partial charge in [-0.3, -0.25) is 0 Å². The molecule has 2 fully saturated rings. The second-order valence-corrected chi connectivity index (χ2v) is 4.92. The van der Waals surface area contributed by atoms with Crippen LogP contribution in [0.3, 0.4) is 0 Å². The van der Waals surface area contributed by atoms with Crippen LogP contribution in [0, 0.1) is 12.1 Å². The van der Waals surface area contributed by atoms with E-state index in [4.69, 9.17) is 0 Å². The minimum absolute atomic E-state index is 0.506. The van der Waals surface area contributed by atoms with Crippen molar-refractivity contribution >= 4 is 7.92 Å². The first-order valence-electron chi connectivity index (χ1n) is 3.02. The molecule has 0 aliphatic carbocycles. The Morgan fingerprint density at radius 3 is 2.71 bits per heavy atom. The van der Waals surface area contributed by atoms with Gasteiger partial charge < -0.3 is 0 Å². The summed E-state index contributed by atoms with van der Waals surface area (Å²) in [5, 5.41) is 0. The molecule has 2 unspecified atom stereocenters. The van der Waals surface area contributed by atoms with E-state index in [1.807, 2.05) is 0 Å². The highest BCUT2D eigenvalue weighted by Crippen LogP contribution is 2.57. The van der Waals surface area contributed by atoms with Crippen molar-refractivity contribution in [2.75, 3.05) is 12.3 Å². The highest BCUT2D eigenvalue weighted by Gasteiger charge is 2.30. The summed E-state index contributed by atoms with van der Waals surface area (Å²) in [6.07, 6.45) is 8.76. The molecule has 2 bridgehead atoms. The monoisotopic (exact) mass is 113 g/mol. The smallest absolute Gasteiger partial charge is 0.0138 e. The van der Waals surface area contributed by atoms with E-state index in [2.05, 4.69) is 6.16 Å². The number of hydrogen-bond acceptors (Lipinski definition) is 0. The first kappa shape index (κ1) is 4.32. The summed E-state index contributed by atoms with van der Waals surface area (Å²) in [5.41, 5.74) is 0. The molecule has 1 heteroatoms. The van der Waals surface area contributed by atoms with Crippen LogP contribution in [-0.4, -0.2) is 12.3 Å². The Labute approximate surface area is 46.1 Å². The van der Waals surface area contributed by atoms with Crippen molar-refractivity contribution in [3.05, 3.63) is 6.16 Å². The molecular weight excluding hydrogens is 103 g/mol. The molecule has 0 amide bonds. The van der Waals surface area contributed by atoms with Crippen LogP contribution in [0.5, 0.6) is 0 Å². The Morgan fingerprint density at radius 1 is 1.57 bits per heavy atom. The Bertz CT molecular complexity index is 62.2. The van der Waals surface area contributed by atoms with Crippen LogP contribution in [0.25, 0.3) is 0 Å². The van der Waals surface area contributed by atoms with Gasteiger partial charge in [0.25, 0.3) is 0 Å². The Morgan fingerprint density at radius 2 is 2.57 bits per heavy atom. The molecule has 1 radical (unpaired) electrons. The second kappa shape index (κ2) is 1.45. The van der Waals surface area contributed by atoms with E-state index in [1.54, 1.807) is 18.7 Å². The summed E-state index contributed by atoms with van der Waals surface area (Å²) in [6.45, 7) is 0. The van der Waals surface area contributed by atoms with Crippen molar-refractivity contribution in [2.45, 2.75) is 12.8 Å². The fraction of sp³-hybridized carbons (Fsp3) is 0.833. The van der Waals surface area contributed by atoms with Crippen molar-refractivity contribution in [1.82, 2.24) is 0 Å². The van der Waals surface area contributed by atoms with Crippen LogP contribution in [0.15, 0.2) is 0 Å². The molecule has 0 aromatic carbocycles. The number of rotatable bonds is 0. The summed E-state index contributed by atoms with van der Waals surface area (Å²) in [6, 6.07) is 0. The molecule has 0 N–H and O–H groups in total. The molecule has 0 aromatic rings. The molecule has 0 saturated carbocycles. The van der Waals surface area contributed by atoms with E-state index in [0.717, 1.165) is 5.92 Å². The van der Waals surface area contributed by atoms with Gasteiger partial charge in [-0.05, 0) is 37.2 Å². The fourth-order valence-corrected chi connectivity index (χ4v) is 4.32. The average molecular weight is 113 g/mol.